The lowest BCUT2D eigenvalue weighted by molar-refractivity contribution is -0.117. The summed E-state index contributed by atoms with van der Waals surface area (Å²) in [6, 6.07) is 2.16. The Kier molecular flexibility index (Phi) is 7.02. The van der Waals surface area contributed by atoms with Crippen molar-refractivity contribution in [3.05, 3.63) is 28.7 Å². The maximum Gasteiger partial charge on any atom is 0.348 e. The smallest absolute Gasteiger partial charge is 0.348 e. The van der Waals surface area contributed by atoms with E-state index in [9.17, 15) is 9.59 Å². The van der Waals surface area contributed by atoms with Crippen molar-refractivity contribution in [3.63, 3.8) is 0 Å². The lowest BCUT2D eigenvalue weighted by Gasteiger charge is -2.31. The van der Waals surface area contributed by atoms with Crippen molar-refractivity contribution in [2.45, 2.75) is 52.5 Å². The number of carbonyl (C=O) groups is 2. The molecule has 29 heavy (non-hydrogen) atoms. The summed E-state index contributed by atoms with van der Waals surface area (Å²) in [5, 5.41) is 12.0. The van der Waals surface area contributed by atoms with Crippen LogP contribution < -0.4 is 5.32 Å². The number of likely N-dealkylation sites (tertiary alicyclic amines) is 1. The molecule has 2 aromatic heterocycles. The number of thiophene rings is 1. The fourth-order valence-corrected chi connectivity index (χ4v) is 4.60. The molecule has 0 saturated carbocycles. The van der Waals surface area contributed by atoms with Crippen LogP contribution >= 0.6 is 11.3 Å². The third kappa shape index (κ3) is 5.22. The lowest BCUT2D eigenvalue weighted by atomic mass is 9.95. The number of amides is 1. The number of ether oxygens (including phenoxy) is 1. The van der Waals surface area contributed by atoms with Crippen LogP contribution in [0, 0.1) is 6.92 Å². The summed E-state index contributed by atoms with van der Waals surface area (Å²) >= 11 is 1.26. The predicted molar refractivity (Wildman–Crippen MR) is 112 cm³/mol. The van der Waals surface area contributed by atoms with E-state index in [1.54, 1.807) is 13.3 Å². The van der Waals surface area contributed by atoms with Gasteiger partial charge < -0.3 is 14.6 Å². The number of rotatable bonds is 7. The Bertz CT molecular complexity index is 852. The summed E-state index contributed by atoms with van der Waals surface area (Å²) in [4.78, 5) is 27.1. The topological polar surface area (TPSA) is 89.3 Å². The third-order valence-corrected chi connectivity index (χ3v) is 6.25. The molecular weight excluding hydrogens is 390 g/mol. The number of aryl methyl sites for hydroxylation is 1. The largest absolute Gasteiger partial charge is 0.462 e. The van der Waals surface area contributed by atoms with E-state index in [-0.39, 0.29) is 11.9 Å². The molecule has 8 nitrogen and oxygen atoms in total. The summed E-state index contributed by atoms with van der Waals surface area (Å²) in [5.74, 6) is 1.02. The highest BCUT2D eigenvalue weighted by Gasteiger charge is 2.26. The molecule has 9 heteroatoms. The molecule has 1 N–H and O–H groups in total. The Morgan fingerprint density at radius 1 is 1.34 bits per heavy atom. The van der Waals surface area contributed by atoms with E-state index >= 15 is 0 Å². The number of anilines is 1. The SMILES string of the molecule is CCOC(=O)c1sc(NC(=O)CN2CCC(c3nncn3C(C)C)CC2)cc1C. The number of carbonyl (C=O) groups excluding carboxylic acids is 2. The Hall–Kier alpha value is -2.26. The van der Waals surface area contributed by atoms with Crippen molar-refractivity contribution in [2.75, 3.05) is 31.6 Å². The van der Waals surface area contributed by atoms with Crippen molar-refractivity contribution in [1.29, 1.82) is 0 Å². The van der Waals surface area contributed by atoms with Gasteiger partial charge in [0.1, 0.15) is 17.0 Å². The van der Waals surface area contributed by atoms with Crippen LogP contribution in [0.5, 0.6) is 0 Å². The van der Waals surface area contributed by atoms with Gasteiger partial charge in [0, 0.05) is 12.0 Å². The van der Waals surface area contributed by atoms with Crippen LogP contribution in [0.2, 0.25) is 0 Å². The van der Waals surface area contributed by atoms with Gasteiger partial charge in [-0.3, -0.25) is 9.69 Å². The first kappa shape index (κ1) is 21.4. The molecule has 0 aliphatic carbocycles. The molecular formula is C20H29N5O3S. The van der Waals surface area contributed by atoms with Crippen LogP contribution in [-0.4, -0.2) is 57.8 Å². The second-order valence-corrected chi connectivity index (χ2v) is 8.68. The van der Waals surface area contributed by atoms with E-state index < -0.39 is 0 Å². The fourth-order valence-electron chi connectivity index (χ4n) is 3.61. The monoisotopic (exact) mass is 419 g/mol. The standard InChI is InChI=1S/C20H29N5O3S/c1-5-28-20(27)18-14(4)10-17(29-18)22-16(26)11-24-8-6-15(7-9-24)19-23-21-12-25(19)13(2)3/h10,12-13,15H,5-9,11H2,1-4H3,(H,22,26). The zero-order valence-corrected chi connectivity index (χ0v) is 18.3. The van der Waals surface area contributed by atoms with Gasteiger partial charge in [-0.1, -0.05) is 0 Å². The Morgan fingerprint density at radius 2 is 2.07 bits per heavy atom. The number of aromatic nitrogens is 3. The molecule has 1 amide bonds. The van der Waals surface area contributed by atoms with Crippen LogP contribution in [0.15, 0.2) is 12.4 Å². The first-order chi connectivity index (χ1) is 13.9. The molecule has 1 aliphatic rings. The molecule has 0 aromatic carbocycles. The summed E-state index contributed by atoms with van der Waals surface area (Å²) in [5.41, 5.74) is 0.818. The van der Waals surface area contributed by atoms with Gasteiger partial charge in [0.2, 0.25) is 5.91 Å². The molecule has 1 fully saturated rings. The van der Waals surface area contributed by atoms with E-state index in [2.05, 4.69) is 38.8 Å². The van der Waals surface area contributed by atoms with Crippen molar-refractivity contribution in [2.24, 2.45) is 0 Å². The highest BCUT2D eigenvalue weighted by Crippen LogP contribution is 2.29. The molecule has 158 valence electrons. The van der Waals surface area contributed by atoms with Gasteiger partial charge in [-0.2, -0.15) is 0 Å². The van der Waals surface area contributed by atoms with Gasteiger partial charge in [0.15, 0.2) is 0 Å². The highest BCUT2D eigenvalue weighted by molar-refractivity contribution is 7.18. The quantitative estimate of drug-likeness (QED) is 0.693. The predicted octanol–water partition coefficient (Wildman–Crippen LogP) is 3.22. The van der Waals surface area contributed by atoms with E-state index in [0.29, 0.717) is 35.0 Å². The van der Waals surface area contributed by atoms with Crippen molar-refractivity contribution in [1.82, 2.24) is 19.7 Å². The Labute approximate surface area is 175 Å². The minimum Gasteiger partial charge on any atom is -0.462 e. The maximum atomic E-state index is 12.5. The first-order valence-electron chi connectivity index (χ1n) is 10.1. The molecule has 3 rings (SSSR count). The van der Waals surface area contributed by atoms with Crippen molar-refractivity contribution < 1.29 is 14.3 Å². The van der Waals surface area contributed by atoms with Gasteiger partial charge in [-0.05, 0) is 65.3 Å². The van der Waals surface area contributed by atoms with Crippen LogP contribution in [0.4, 0.5) is 5.00 Å². The molecule has 0 spiro atoms. The molecule has 0 unspecified atom stereocenters. The third-order valence-electron chi connectivity index (χ3n) is 5.12. The van der Waals surface area contributed by atoms with E-state index in [4.69, 9.17) is 4.74 Å². The molecule has 3 heterocycles. The van der Waals surface area contributed by atoms with Crippen molar-refractivity contribution >= 4 is 28.2 Å². The number of nitrogens with one attached hydrogen (secondary N) is 1. The molecule has 1 saturated heterocycles. The number of nitrogens with zero attached hydrogens (tertiary/aromatic N) is 4. The lowest BCUT2D eigenvalue weighted by Crippen LogP contribution is -2.39. The van der Waals surface area contributed by atoms with Crippen LogP contribution in [0.3, 0.4) is 0 Å². The van der Waals surface area contributed by atoms with Crippen LogP contribution in [0.1, 0.15) is 66.6 Å². The minimum absolute atomic E-state index is 0.0644. The number of esters is 1. The van der Waals surface area contributed by atoms with Gasteiger partial charge in [-0.15, -0.1) is 21.5 Å². The van der Waals surface area contributed by atoms with Gasteiger partial charge >= 0.3 is 5.97 Å². The van der Waals surface area contributed by atoms with Gasteiger partial charge in [0.25, 0.3) is 0 Å². The molecule has 0 bridgehead atoms. The average Bonchev–Trinajstić information content (AvgIpc) is 3.29. The van der Waals surface area contributed by atoms with Crippen LogP contribution in [0.25, 0.3) is 0 Å². The summed E-state index contributed by atoms with van der Waals surface area (Å²) in [7, 11) is 0. The molecule has 0 atom stereocenters. The zero-order chi connectivity index (χ0) is 21.0. The van der Waals surface area contributed by atoms with Crippen molar-refractivity contribution in [3.8, 4) is 0 Å². The zero-order valence-electron chi connectivity index (χ0n) is 17.5. The fraction of sp³-hybridized carbons (Fsp3) is 0.600. The second-order valence-electron chi connectivity index (χ2n) is 7.63. The summed E-state index contributed by atoms with van der Waals surface area (Å²) in [6.45, 7) is 10.3. The second kappa shape index (κ2) is 9.49. The van der Waals surface area contributed by atoms with E-state index in [1.165, 1.54) is 11.3 Å². The first-order valence-corrected chi connectivity index (χ1v) is 10.9. The van der Waals surface area contributed by atoms with Gasteiger partial charge in [-0.25, -0.2) is 4.79 Å². The average molecular weight is 420 g/mol. The summed E-state index contributed by atoms with van der Waals surface area (Å²) in [6.07, 6.45) is 3.72. The highest BCUT2D eigenvalue weighted by atomic mass is 32.1. The Balaban J connectivity index is 1.51. The summed E-state index contributed by atoms with van der Waals surface area (Å²) < 4.78 is 7.18. The molecule has 1 aliphatic heterocycles. The number of piperidine rings is 1. The molecule has 2 aromatic rings. The van der Waals surface area contributed by atoms with E-state index in [1.807, 2.05) is 13.0 Å². The van der Waals surface area contributed by atoms with E-state index in [0.717, 1.165) is 37.3 Å². The number of hydrogen-bond acceptors (Lipinski definition) is 7. The maximum absolute atomic E-state index is 12.5. The van der Waals surface area contributed by atoms with Crippen LogP contribution in [-0.2, 0) is 9.53 Å². The minimum atomic E-state index is -0.341. The Morgan fingerprint density at radius 3 is 2.72 bits per heavy atom. The number of hydrogen-bond donors (Lipinski definition) is 1. The normalized spacial score (nSPS) is 15.6. The van der Waals surface area contributed by atoms with Gasteiger partial charge in [0.05, 0.1) is 18.2 Å². The molecule has 0 radical (unpaired) electrons.